The lowest BCUT2D eigenvalue weighted by Gasteiger charge is -2.38. The number of rotatable bonds is 5. The average Bonchev–Trinajstić information content (AvgIpc) is 2.73. The van der Waals surface area contributed by atoms with E-state index in [9.17, 15) is 0 Å². The van der Waals surface area contributed by atoms with Crippen molar-refractivity contribution in [2.45, 2.75) is 13.5 Å². The molecule has 1 aromatic carbocycles. The van der Waals surface area contributed by atoms with Crippen LogP contribution in [0.2, 0.25) is 0 Å². The number of aryl methyl sites for hydroxylation is 1. The highest BCUT2D eigenvalue weighted by Gasteiger charge is 2.22. The molecule has 152 valence electrons. The summed E-state index contributed by atoms with van der Waals surface area (Å²) in [5.41, 5.74) is 4.63. The molecule has 0 radical (unpaired) electrons. The van der Waals surface area contributed by atoms with Crippen LogP contribution in [0.25, 0.3) is 10.9 Å². The highest BCUT2D eigenvalue weighted by molar-refractivity contribution is 5.96. The molecular weight excluding hydrogens is 362 g/mol. The van der Waals surface area contributed by atoms with Crippen LogP contribution < -0.4 is 14.5 Å². The lowest BCUT2D eigenvalue weighted by atomic mass is 10.1. The third kappa shape index (κ3) is 3.98. The molecule has 2 aromatic heterocycles. The van der Waals surface area contributed by atoms with Gasteiger partial charge in [0.15, 0.2) is 0 Å². The van der Waals surface area contributed by atoms with Crippen LogP contribution in [0.1, 0.15) is 11.1 Å². The fourth-order valence-corrected chi connectivity index (χ4v) is 4.09. The van der Waals surface area contributed by atoms with Gasteiger partial charge in [-0.15, -0.1) is 0 Å². The predicted octanol–water partition coefficient (Wildman–Crippen LogP) is 3.34. The number of benzene rings is 1. The van der Waals surface area contributed by atoms with E-state index in [1.54, 1.807) is 7.11 Å². The Hall–Kier alpha value is -2.86. The molecule has 0 amide bonds. The maximum Gasteiger partial charge on any atom is 0.145 e. The van der Waals surface area contributed by atoms with E-state index < -0.39 is 0 Å². The molecule has 29 heavy (non-hydrogen) atoms. The molecule has 1 fully saturated rings. The van der Waals surface area contributed by atoms with Crippen molar-refractivity contribution in [2.75, 3.05) is 57.2 Å². The maximum atomic E-state index is 5.52. The summed E-state index contributed by atoms with van der Waals surface area (Å²) in [6, 6.07) is 10.5. The van der Waals surface area contributed by atoms with Crippen molar-refractivity contribution in [3.63, 3.8) is 0 Å². The topological polar surface area (TPSA) is 44.7 Å². The van der Waals surface area contributed by atoms with Gasteiger partial charge >= 0.3 is 0 Å². The number of anilines is 2. The number of hydrogen-bond acceptors (Lipinski definition) is 6. The second-order valence-corrected chi connectivity index (χ2v) is 7.88. The number of para-hydroxylation sites is 1. The van der Waals surface area contributed by atoms with Crippen LogP contribution in [0, 0.1) is 6.92 Å². The van der Waals surface area contributed by atoms with Crippen molar-refractivity contribution in [3.05, 3.63) is 53.9 Å². The molecule has 0 bridgehead atoms. The van der Waals surface area contributed by atoms with Crippen LogP contribution in [0.5, 0.6) is 5.75 Å². The normalized spacial score (nSPS) is 14.7. The zero-order chi connectivity index (χ0) is 20.4. The first-order chi connectivity index (χ1) is 14.1. The highest BCUT2D eigenvalue weighted by Crippen LogP contribution is 2.34. The zero-order valence-electron chi connectivity index (χ0n) is 17.7. The minimum absolute atomic E-state index is 0.824. The van der Waals surface area contributed by atoms with Gasteiger partial charge in [0.2, 0.25) is 0 Å². The lowest BCUT2D eigenvalue weighted by Crippen LogP contribution is -2.47. The number of pyridine rings is 2. The Morgan fingerprint density at radius 2 is 1.72 bits per heavy atom. The first-order valence-corrected chi connectivity index (χ1v) is 10.1. The number of piperazine rings is 1. The molecular formula is C23H29N5O. The molecule has 3 heterocycles. The Morgan fingerprint density at radius 3 is 2.38 bits per heavy atom. The van der Waals surface area contributed by atoms with E-state index in [1.807, 2.05) is 24.5 Å². The molecule has 0 unspecified atom stereocenters. The maximum absolute atomic E-state index is 5.52. The van der Waals surface area contributed by atoms with Gasteiger partial charge in [0.25, 0.3) is 0 Å². The Labute approximate surface area is 172 Å². The van der Waals surface area contributed by atoms with Crippen molar-refractivity contribution < 1.29 is 4.74 Å². The third-order valence-corrected chi connectivity index (χ3v) is 5.46. The largest absolute Gasteiger partial charge is 0.494 e. The second kappa shape index (κ2) is 8.25. The number of aromatic nitrogens is 2. The minimum Gasteiger partial charge on any atom is -0.494 e. The van der Waals surface area contributed by atoms with Crippen molar-refractivity contribution in [1.82, 2.24) is 14.9 Å². The quantitative estimate of drug-likeness (QED) is 0.665. The predicted molar refractivity (Wildman–Crippen MR) is 119 cm³/mol. The molecule has 0 spiro atoms. The van der Waals surface area contributed by atoms with E-state index >= 15 is 0 Å². The standard InChI is InChI=1S/C23H29N5O/c1-17-14-25-22-19(6-5-7-20(22)29-4)23(17)28-12-10-27(11-13-28)21-9-8-18(15-24-21)16-26(2)3/h5-9,14-15H,10-13,16H2,1-4H3. The van der Waals surface area contributed by atoms with Crippen LogP contribution in [0.4, 0.5) is 11.5 Å². The summed E-state index contributed by atoms with van der Waals surface area (Å²) in [4.78, 5) is 16.3. The van der Waals surface area contributed by atoms with Gasteiger partial charge in [-0.1, -0.05) is 18.2 Å². The van der Waals surface area contributed by atoms with E-state index in [1.165, 1.54) is 16.8 Å². The Kier molecular flexibility index (Phi) is 5.53. The molecule has 0 saturated carbocycles. The Bertz CT molecular complexity index is 978. The van der Waals surface area contributed by atoms with Crippen LogP contribution in [0.15, 0.2) is 42.7 Å². The fourth-order valence-electron chi connectivity index (χ4n) is 4.09. The number of ether oxygens (including phenoxy) is 1. The van der Waals surface area contributed by atoms with Crippen molar-refractivity contribution in [3.8, 4) is 5.75 Å². The van der Waals surface area contributed by atoms with E-state index in [0.717, 1.165) is 55.2 Å². The molecule has 0 atom stereocenters. The van der Waals surface area contributed by atoms with Gasteiger partial charge in [-0.25, -0.2) is 4.98 Å². The highest BCUT2D eigenvalue weighted by atomic mass is 16.5. The van der Waals surface area contributed by atoms with Crippen LogP contribution >= 0.6 is 0 Å². The SMILES string of the molecule is COc1cccc2c(N3CCN(c4ccc(CN(C)C)cn4)CC3)c(C)cnc12. The molecule has 1 aliphatic heterocycles. The number of methoxy groups -OCH3 is 1. The minimum atomic E-state index is 0.824. The summed E-state index contributed by atoms with van der Waals surface area (Å²) in [5, 5.41) is 1.16. The summed E-state index contributed by atoms with van der Waals surface area (Å²) in [7, 11) is 5.85. The number of nitrogens with zero attached hydrogens (tertiary/aromatic N) is 5. The van der Waals surface area contributed by atoms with E-state index in [4.69, 9.17) is 9.72 Å². The van der Waals surface area contributed by atoms with Gasteiger partial charge in [0.05, 0.1) is 12.8 Å². The Morgan fingerprint density at radius 1 is 0.966 bits per heavy atom. The molecule has 0 aliphatic carbocycles. The summed E-state index contributed by atoms with van der Waals surface area (Å²) in [6.45, 7) is 6.87. The zero-order valence-corrected chi connectivity index (χ0v) is 17.7. The molecule has 3 aromatic rings. The van der Waals surface area contributed by atoms with Crippen molar-refractivity contribution in [2.24, 2.45) is 0 Å². The van der Waals surface area contributed by atoms with E-state index in [0.29, 0.717) is 0 Å². The number of hydrogen-bond donors (Lipinski definition) is 0. The fraction of sp³-hybridized carbons (Fsp3) is 0.391. The van der Waals surface area contributed by atoms with E-state index in [2.05, 4.69) is 58.9 Å². The lowest BCUT2D eigenvalue weighted by molar-refractivity contribution is 0.402. The van der Waals surface area contributed by atoms with Gasteiger partial charge in [0.1, 0.15) is 17.1 Å². The molecule has 1 saturated heterocycles. The summed E-state index contributed by atoms with van der Waals surface area (Å²) < 4.78 is 5.52. The Balaban J connectivity index is 1.52. The van der Waals surface area contributed by atoms with Gasteiger partial charge in [0, 0.05) is 50.5 Å². The first kappa shape index (κ1) is 19.5. The monoisotopic (exact) mass is 391 g/mol. The summed E-state index contributed by atoms with van der Waals surface area (Å²) in [5.74, 6) is 1.88. The smallest absolute Gasteiger partial charge is 0.145 e. The van der Waals surface area contributed by atoms with Gasteiger partial charge in [-0.05, 0) is 44.3 Å². The van der Waals surface area contributed by atoms with E-state index in [-0.39, 0.29) is 0 Å². The average molecular weight is 392 g/mol. The molecule has 4 rings (SSSR count). The number of fused-ring (bicyclic) bond motifs is 1. The third-order valence-electron chi connectivity index (χ3n) is 5.46. The molecule has 6 heteroatoms. The van der Waals surface area contributed by atoms with Crippen molar-refractivity contribution in [1.29, 1.82) is 0 Å². The molecule has 1 aliphatic rings. The van der Waals surface area contributed by atoms with Gasteiger partial charge in [-0.2, -0.15) is 0 Å². The molecule has 6 nitrogen and oxygen atoms in total. The molecule has 0 N–H and O–H groups in total. The van der Waals surface area contributed by atoms with Crippen LogP contribution in [-0.4, -0.2) is 62.3 Å². The van der Waals surface area contributed by atoms with Crippen molar-refractivity contribution >= 4 is 22.4 Å². The van der Waals surface area contributed by atoms with Crippen LogP contribution in [-0.2, 0) is 6.54 Å². The summed E-state index contributed by atoms with van der Waals surface area (Å²) in [6.07, 6.45) is 3.95. The van der Waals surface area contributed by atoms with Crippen LogP contribution in [0.3, 0.4) is 0 Å². The van der Waals surface area contributed by atoms with Gasteiger partial charge < -0.3 is 19.4 Å². The summed E-state index contributed by atoms with van der Waals surface area (Å²) >= 11 is 0. The van der Waals surface area contributed by atoms with Gasteiger partial charge in [-0.3, -0.25) is 4.98 Å². The second-order valence-electron chi connectivity index (χ2n) is 7.88. The first-order valence-electron chi connectivity index (χ1n) is 10.1.